The van der Waals surface area contributed by atoms with Crippen LogP contribution in [0.15, 0.2) is 12.4 Å². The van der Waals surface area contributed by atoms with E-state index < -0.39 is 14.0 Å². The van der Waals surface area contributed by atoms with E-state index in [2.05, 4.69) is 31.1 Å². The van der Waals surface area contributed by atoms with E-state index in [1.54, 1.807) is 12.4 Å². The Morgan fingerprint density at radius 1 is 1.21 bits per heavy atom. The summed E-state index contributed by atoms with van der Waals surface area (Å²) in [6.45, 7) is 7.40. The number of pyridine rings is 1. The van der Waals surface area contributed by atoms with Crippen molar-refractivity contribution in [2.75, 3.05) is 13.1 Å². The van der Waals surface area contributed by atoms with Crippen LogP contribution in [0.1, 0.15) is 45.3 Å². The molecule has 1 aromatic heterocycles. The van der Waals surface area contributed by atoms with Crippen LogP contribution in [0.2, 0.25) is 28.2 Å². The predicted octanol–water partition coefficient (Wildman–Crippen LogP) is 5.54. The Labute approximate surface area is 155 Å². The van der Waals surface area contributed by atoms with Gasteiger partial charge in [0, 0.05) is 31.0 Å². The number of aromatic nitrogens is 1. The summed E-state index contributed by atoms with van der Waals surface area (Å²) in [5.41, 5.74) is -0.276. The molecule has 1 aliphatic carbocycles. The zero-order valence-electron chi connectivity index (χ0n) is 14.7. The molecule has 1 saturated carbocycles. The molecule has 7 heteroatoms. The fourth-order valence-electron chi connectivity index (χ4n) is 2.97. The summed E-state index contributed by atoms with van der Waals surface area (Å²) in [4.78, 5) is 4.02. The fourth-order valence-corrected chi connectivity index (χ4v) is 6.39. The maximum Gasteiger partial charge on any atom is 0.192 e. The lowest BCUT2D eigenvalue weighted by Crippen LogP contribution is -2.40. The Hall–Kier alpha value is -0.203. The first-order valence-corrected chi connectivity index (χ1v) is 12.0. The van der Waals surface area contributed by atoms with Crippen LogP contribution in [0, 0.1) is 0 Å². The average Bonchev–Trinajstić information content (AvgIpc) is 3.29. The normalized spacial score (nSPS) is 17.8. The average molecular weight is 393 g/mol. The highest BCUT2D eigenvalue weighted by molar-refractivity contribution is 6.73. The maximum atomic E-state index is 13.9. The number of alkyl halides is 1. The monoisotopic (exact) mass is 392 g/mol. The first-order chi connectivity index (χ1) is 11.4. The number of nitrogens with one attached hydrogen (secondary N) is 1. The molecule has 1 fully saturated rings. The summed E-state index contributed by atoms with van der Waals surface area (Å²) in [6.07, 6.45) is 4.18. The van der Waals surface area contributed by atoms with Crippen molar-refractivity contribution in [3.8, 4) is 0 Å². The van der Waals surface area contributed by atoms with E-state index in [0.29, 0.717) is 36.0 Å². The minimum atomic E-state index is -1.86. The van der Waals surface area contributed by atoms with Crippen LogP contribution in [-0.4, -0.2) is 32.1 Å². The van der Waals surface area contributed by atoms with Crippen LogP contribution in [0.4, 0.5) is 4.39 Å². The van der Waals surface area contributed by atoms with Gasteiger partial charge in [-0.15, -0.1) is 0 Å². The first-order valence-electron chi connectivity index (χ1n) is 8.75. The molecular formula is C17H27Cl2FN2OSi. The van der Waals surface area contributed by atoms with Gasteiger partial charge in [0.05, 0.1) is 16.1 Å². The molecule has 1 aromatic rings. The summed E-state index contributed by atoms with van der Waals surface area (Å²) in [6, 6.07) is 3.09. The highest BCUT2D eigenvalue weighted by atomic mass is 35.5. The van der Waals surface area contributed by atoms with Crippen LogP contribution in [0.25, 0.3) is 0 Å². The summed E-state index contributed by atoms with van der Waals surface area (Å²) >= 11 is 12.7. The van der Waals surface area contributed by atoms with Gasteiger partial charge < -0.3 is 9.74 Å². The molecule has 0 aliphatic heterocycles. The van der Waals surface area contributed by atoms with E-state index in [1.807, 2.05) is 0 Å². The Kier molecular flexibility index (Phi) is 7.08. The zero-order chi connectivity index (χ0) is 17.8. The molecule has 0 amide bonds. The third-order valence-corrected chi connectivity index (χ3v) is 10.4. The number of rotatable bonds is 10. The predicted molar refractivity (Wildman–Crippen MR) is 101 cm³/mol. The second kappa shape index (κ2) is 8.45. The quantitative estimate of drug-likeness (QED) is 0.530. The SMILES string of the molecule is CC[Si](CC)(CC)OC(CNCC1(F)CC1)c1c(Cl)cncc1Cl. The lowest BCUT2D eigenvalue weighted by molar-refractivity contribution is 0.179. The molecule has 1 aliphatic rings. The topological polar surface area (TPSA) is 34.1 Å². The summed E-state index contributed by atoms with van der Waals surface area (Å²) in [5, 5.41) is 4.22. The number of hydrogen-bond acceptors (Lipinski definition) is 3. The maximum absolute atomic E-state index is 13.9. The van der Waals surface area contributed by atoms with Gasteiger partial charge in [-0.2, -0.15) is 0 Å². The molecule has 1 heterocycles. The van der Waals surface area contributed by atoms with Gasteiger partial charge in [0.2, 0.25) is 0 Å². The van der Waals surface area contributed by atoms with Crippen molar-refractivity contribution in [3.63, 3.8) is 0 Å². The Balaban J connectivity index is 2.19. The molecule has 1 unspecified atom stereocenters. The van der Waals surface area contributed by atoms with E-state index in [1.165, 1.54) is 0 Å². The van der Waals surface area contributed by atoms with Crippen molar-refractivity contribution in [1.29, 1.82) is 0 Å². The van der Waals surface area contributed by atoms with Crippen LogP contribution in [0.3, 0.4) is 0 Å². The minimum absolute atomic E-state index is 0.276. The highest BCUT2D eigenvalue weighted by Crippen LogP contribution is 2.39. The molecule has 1 N–H and O–H groups in total. The van der Waals surface area contributed by atoms with Gasteiger partial charge in [-0.3, -0.25) is 4.98 Å². The molecule has 3 nitrogen and oxygen atoms in total. The number of hydrogen-bond donors (Lipinski definition) is 1. The lowest BCUT2D eigenvalue weighted by Gasteiger charge is -2.34. The third-order valence-electron chi connectivity index (χ3n) is 5.10. The molecule has 0 saturated heterocycles. The molecule has 0 radical (unpaired) electrons. The van der Waals surface area contributed by atoms with Crippen molar-refractivity contribution in [1.82, 2.24) is 10.3 Å². The lowest BCUT2D eigenvalue weighted by atomic mass is 10.1. The van der Waals surface area contributed by atoms with Gasteiger partial charge in [0.25, 0.3) is 0 Å². The van der Waals surface area contributed by atoms with Crippen molar-refractivity contribution >= 4 is 31.5 Å². The van der Waals surface area contributed by atoms with Crippen LogP contribution >= 0.6 is 23.2 Å². The summed E-state index contributed by atoms with van der Waals surface area (Å²) in [7, 11) is -1.86. The molecule has 24 heavy (non-hydrogen) atoms. The van der Waals surface area contributed by atoms with Crippen molar-refractivity contribution in [3.05, 3.63) is 28.0 Å². The highest BCUT2D eigenvalue weighted by Gasteiger charge is 2.43. The first kappa shape index (κ1) is 20.1. The van der Waals surface area contributed by atoms with E-state index in [9.17, 15) is 4.39 Å². The molecule has 0 bridgehead atoms. The van der Waals surface area contributed by atoms with Crippen LogP contribution in [0.5, 0.6) is 0 Å². The van der Waals surface area contributed by atoms with Crippen LogP contribution in [-0.2, 0) is 4.43 Å². The van der Waals surface area contributed by atoms with E-state index in [-0.39, 0.29) is 6.10 Å². The Morgan fingerprint density at radius 2 is 1.75 bits per heavy atom. The summed E-state index contributed by atoms with van der Waals surface area (Å²) in [5.74, 6) is 0. The van der Waals surface area contributed by atoms with Gasteiger partial charge in [-0.05, 0) is 31.0 Å². The third kappa shape index (κ3) is 4.91. The Morgan fingerprint density at radius 3 is 2.21 bits per heavy atom. The van der Waals surface area contributed by atoms with E-state index >= 15 is 0 Å². The smallest absolute Gasteiger partial charge is 0.192 e. The zero-order valence-corrected chi connectivity index (χ0v) is 17.2. The van der Waals surface area contributed by atoms with Gasteiger partial charge in [-0.25, -0.2) is 4.39 Å². The minimum Gasteiger partial charge on any atom is -0.409 e. The second-order valence-electron chi connectivity index (χ2n) is 6.65. The number of nitrogens with zero attached hydrogens (tertiary/aromatic N) is 1. The van der Waals surface area contributed by atoms with Crippen LogP contribution < -0.4 is 5.32 Å². The fraction of sp³-hybridized carbons (Fsp3) is 0.706. The Bertz CT molecular complexity index is 525. The second-order valence-corrected chi connectivity index (χ2v) is 12.2. The van der Waals surface area contributed by atoms with Gasteiger partial charge in [0.1, 0.15) is 5.67 Å². The van der Waals surface area contributed by atoms with Gasteiger partial charge >= 0.3 is 0 Å². The van der Waals surface area contributed by atoms with E-state index in [4.69, 9.17) is 27.6 Å². The van der Waals surface area contributed by atoms with Crippen molar-refractivity contribution in [2.24, 2.45) is 0 Å². The molecule has 0 aromatic carbocycles. The largest absolute Gasteiger partial charge is 0.409 e. The van der Waals surface area contributed by atoms with E-state index in [0.717, 1.165) is 23.7 Å². The standard InChI is InChI=1S/C17H27Cl2FN2OSi/c1-4-24(5-2,6-3)23-15(11-22-12-17(20)7-8-17)16-13(18)9-21-10-14(16)19/h9-10,15,22H,4-8,11-12H2,1-3H3. The molecule has 1 atom stereocenters. The molecule has 0 spiro atoms. The van der Waals surface area contributed by atoms with Gasteiger partial charge in [-0.1, -0.05) is 44.0 Å². The summed E-state index contributed by atoms with van der Waals surface area (Å²) < 4.78 is 20.5. The molecule has 136 valence electrons. The molecule has 2 rings (SSSR count). The van der Waals surface area contributed by atoms with Crippen molar-refractivity contribution < 1.29 is 8.82 Å². The molecular weight excluding hydrogens is 366 g/mol. The number of halogens is 3. The van der Waals surface area contributed by atoms with Gasteiger partial charge in [0.15, 0.2) is 8.32 Å². The van der Waals surface area contributed by atoms with Crippen molar-refractivity contribution in [2.45, 2.75) is 63.5 Å².